The van der Waals surface area contributed by atoms with Gasteiger partial charge in [0.1, 0.15) is 5.82 Å². The van der Waals surface area contributed by atoms with E-state index in [1.807, 2.05) is 42.6 Å². The van der Waals surface area contributed by atoms with Gasteiger partial charge in [0.25, 0.3) is 0 Å². The van der Waals surface area contributed by atoms with E-state index in [0.717, 1.165) is 11.4 Å². The summed E-state index contributed by atoms with van der Waals surface area (Å²) < 4.78 is 15.5. The Morgan fingerprint density at radius 3 is 2.65 bits per heavy atom. The fourth-order valence-electron chi connectivity index (χ4n) is 2.40. The van der Waals surface area contributed by atoms with E-state index in [0.29, 0.717) is 12.2 Å². The van der Waals surface area contributed by atoms with Gasteiger partial charge in [0.05, 0.1) is 23.5 Å². The maximum absolute atomic E-state index is 13.8. The highest BCUT2D eigenvalue weighted by atomic mass is 19.1. The molecule has 1 aromatic heterocycles. The number of aromatic nitrogens is 2. The van der Waals surface area contributed by atoms with E-state index in [1.54, 1.807) is 16.8 Å². The Morgan fingerprint density at radius 1 is 1.13 bits per heavy atom. The average molecular weight is 309 g/mol. The number of carbonyl (C=O) groups excluding carboxylic acids is 1. The molecule has 0 bridgehead atoms. The van der Waals surface area contributed by atoms with Gasteiger partial charge in [0.15, 0.2) is 5.78 Å². The summed E-state index contributed by atoms with van der Waals surface area (Å²) in [5, 5.41) is 7.55. The Bertz CT molecular complexity index is 827. The molecule has 0 atom stereocenters. The van der Waals surface area contributed by atoms with Crippen molar-refractivity contribution in [3.63, 3.8) is 0 Å². The molecule has 0 saturated carbocycles. The van der Waals surface area contributed by atoms with E-state index >= 15 is 0 Å². The van der Waals surface area contributed by atoms with Crippen molar-refractivity contribution in [1.82, 2.24) is 9.78 Å². The van der Waals surface area contributed by atoms with Crippen LogP contribution >= 0.6 is 0 Å². The summed E-state index contributed by atoms with van der Waals surface area (Å²) >= 11 is 0. The Labute approximate surface area is 133 Å². The largest absolute Gasteiger partial charge is 0.379 e. The van der Waals surface area contributed by atoms with Crippen LogP contribution in [0.3, 0.4) is 0 Å². The lowest BCUT2D eigenvalue weighted by molar-refractivity contribution is 0.101. The van der Waals surface area contributed by atoms with Crippen molar-refractivity contribution in [3.05, 3.63) is 77.9 Å². The first-order chi connectivity index (χ1) is 11.1. The second kappa shape index (κ2) is 6.44. The fraction of sp³-hybridized carbons (Fsp3) is 0.111. The topological polar surface area (TPSA) is 46.9 Å². The van der Waals surface area contributed by atoms with Gasteiger partial charge in [-0.25, -0.2) is 9.07 Å². The van der Waals surface area contributed by atoms with Crippen LogP contribution in [0.2, 0.25) is 0 Å². The zero-order valence-electron chi connectivity index (χ0n) is 12.7. The van der Waals surface area contributed by atoms with Gasteiger partial charge in [-0.05, 0) is 37.3 Å². The molecule has 1 N–H and O–H groups in total. The van der Waals surface area contributed by atoms with Crippen LogP contribution in [0.15, 0.2) is 60.8 Å². The van der Waals surface area contributed by atoms with Crippen LogP contribution in [-0.4, -0.2) is 15.6 Å². The van der Waals surface area contributed by atoms with Gasteiger partial charge in [-0.3, -0.25) is 4.79 Å². The highest BCUT2D eigenvalue weighted by Crippen LogP contribution is 2.20. The number of para-hydroxylation sites is 1. The number of anilines is 1. The maximum atomic E-state index is 13.8. The van der Waals surface area contributed by atoms with Crippen molar-refractivity contribution >= 4 is 11.5 Å². The molecule has 0 aliphatic carbocycles. The van der Waals surface area contributed by atoms with Crippen LogP contribution in [0.25, 0.3) is 5.69 Å². The third-order valence-corrected chi connectivity index (χ3v) is 3.49. The van der Waals surface area contributed by atoms with Crippen LogP contribution in [0, 0.1) is 5.82 Å². The Hall–Kier alpha value is -2.95. The van der Waals surface area contributed by atoms with Gasteiger partial charge in [-0.2, -0.15) is 5.10 Å². The predicted molar refractivity (Wildman–Crippen MR) is 87.3 cm³/mol. The minimum atomic E-state index is -0.516. The van der Waals surface area contributed by atoms with Crippen LogP contribution < -0.4 is 5.32 Å². The third kappa shape index (κ3) is 3.29. The predicted octanol–water partition coefficient (Wildman–Crippen LogP) is 3.83. The van der Waals surface area contributed by atoms with Crippen molar-refractivity contribution < 1.29 is 9.18 Å². The van der Waals surface area contributed by atoms with Gasteiger partial charge < -0.3 is 5.32 Å². The average Bonchev–Trinajstić information content (AvgIpc) is 3.02. The first kappa shape index (κ1) is 15.0. The number of halogens is 1. The zero-order chi connectivity index (χ0) is 16.2. The van der Waals surface area contributed by atoms with Crippen molar-refractivity contribution in [3.8, 4) is 5.69 Å². The third-order valence-electron chi connectivity index (χ3n) is 3.49. The molecule has 1 heterocycles. The number of Topliss-reactive ketones (excluding diaryl/α,β-unsaturated/α-hetero) is 1. The highest BCUT2D eigenvalue weighted by molar-refractivity contribution is 5.99. The lowest BCUT2D eigenvalue weighted by Crippen LogP contribution is -2.08. The van der Waals surface area contributed by atoms with E-state index in [1.165, 1.54) is 13.0 Å². The first-order valence-electron chi connectivity index (χ1n) is 7.28. The van der Waals surface area contributed by atoms with Crippen molar-refractivity contribution in [2.24, 2.45) is 0 Å². The number of ketones is 1. The summed E-state index contributed by atoms with van der Waals surface area (Å²) in [7, 11) is 0. The molecule has 0 radical (unpaired) electrons. The summed E-state index contributed by atoms with van der Waals surface area (Å²) in [6, 6.07) is 16.2. The summed E-state index contributed by atoms with van der Waals surface area (Å²) in [5.74, 6) is -0.822. The lowest BCUT2D eigenvalue weighted by Gasteiger charge is -2.09. The molecular weight excluding hydrogens is 293 g/mol. The van der Waals surface area contributed by atoms with Crippen molar-refractivity contribution in [1.29, 1.82) is 0 Å². The summed E-state index contributed by atoms with van der Waals surface area (Å²) in [6.45, 7) is 1.76. The molecule has 0 saturated heterocycles. The standard InChI is InChI=1S/C18H16FN3O/c1-13(23)18-16(19)8-5-9-17(18)20-12-14-10-11-22(21-14)15-6-3-2-4-7-15/h2-11,20H,12H2,1H3. The second-order valence-electron chi connectivity index (χ2n) is 5.16. The van der Waals surface area contributed by atoms with Crippen LogP contribution in [0.1, 0.15) is 23.0 Å². The van der Waals surface area contributed by atoms with Gasteiger partial charge in [-0.15, -0.1) is 0 Å². The Morgan fingerprint density at radius 2 is 1.91 bits per heavy atom. The number of nitrogens with one attached hydrogen (secondary N) is 1. The SMILES string of the molecule is CC(=O)c1c(F)cccc1NCc1ccn(-c2ccccc2)n1. The Kier molecular flexibility index (Phi) is 4.19. The molecule has 0 amide bonds. The smallest absolute Gasteiger partial charge is 0.164 e. The van der Waals surface area contributed by atoms with Crippen LogP contribution in [0.4, 0.5) is 10.1 Å². The van der Waals surface area contributed by atoms with E-state index in [2.05, 4.69) is 10.4 Å². The van der Waals surface area contributed by atoms with Gasteiger partial charge in [-0.1, -0.05) is 24.3 Å². The summed E-state index contributed by atoms with van der Waals surface area (Å²) in [4.78, 5) is 11.6. The zero-order valence-corrected chi connectivity index (χ0v) is 12.7. The lowest BCUT2D eigenvalue weighted by atomic mass is 10.1. The molecule has 0 aliphatic heterocycles. The molecule has 4 nitrogen and oxygen atoms in total. The summed E-state index contributed by atoms with van der Waals surface area (Å²) in [6.07, 6.45) is 1.86. The maximum Gasteiger partial charge on any atom is 0.164 e. The minimum Gasteiger partial charge on any atom is -0.379 e. The fourth-order valence-corrected chi connectivity index (χ4v) is 2.40. The molecule has 3 rings (SSSR count). The second-order valence-corrected chi connectivity index (χ2v) is 5.16. The number of nitrogens with zero attached hydrogens (tertiary/aromatic N) is 2. The van der Waals surface area contributed by atoms with Gasteiger partial charge >= 0.3 is 0 Å². The quantitative estimate of drug-likeness (QED) is 0.729. The van der Waals surface area contributed by atoms with Crippen molar-refractivity contribution in [2.75, 3.05) is 5.32 Å². The van der Waals surface area contributed by atoms with E-state index in [4.69, 9.17) is 0 Å². The number of benzene rings is 2. The molecule has 3 aromatic rings. The monoisotopic (exact) mass is 309 g/mol. The Balaban J connectivity index is 1.76. The number of hydrogen-bond donors (Lipinski definition) is 1. The van der Waals surface area contributed by atoms with Crippen molar-refractivity contribution in [2.45, 2.75) is 13.5 Å². The van der Waals surface area contributed by atoms with Gasteiger partial charge in [0.2, 0.25) is 0 Å². The molecule has 23 heavy (non-hydrogen) atoms. The minimum absolute atomic E-state index is 0.0787. The van der Waals surface area contributed by atoms with E-state index < -0.39 is 5.82 Å². The highest BCUT2D eigenvalue weighted by Gasteiger charge is 2.12. The summed E-state index contributed by atoms with van der Waals surface area (Å²) in [5.41, 5.74) is 2.32. The number of hydrogen-bond acceptors (Lipinski definition) is 3. The molecule has 0 spiro atoms. The van der Waals surface area contributed by atoms with Crippen LogP contribution in [-0.2, 0) is 6.54 Å². The first-order valence-corrected chi connectivity index (χ1v) is 7.28. The molecular formula is C18H16FN3O. The van der Waals surface area contributed by atoms with E-state index in [9.17, 15) is 9.18 Å². The van der Waals surface area contributed by atoms with Gasteiger partial charge in [0, 0.05) is 11.9 Å². The molecule has 0 aliphatic rings. The van der Waals surface area contributed by atoms with E-state index in [-0.39, 0.29) is 11.3 Å². The molecule has 2 aromatic carbocycles. The van der Waals surface area contributed by atoms with Crippen LogP contribution in [0.5, 0.6) is 0 Å². The molecule has 5 heteroatoms. The normalized spacial score (nSPS) is 10.5. The molecule has 0 fully saturated rings. The molecule has 116 valence electrons. The molecule has 0 unspecified atom stereocenters. The number of carbonyl (C=O) groups is 1. The number of rotatable bonds is 5.